The van der Waals surface area contributed by atoms with Crippen molar-refractivity contribution in [3.8, 4) is 5.75 Å². The molecule has 0 heterocycles. The first-order chi connectivity index (χ1) is 12.9. The topological polar surface area (TPSA) is 75.7 Å². The molecule has 0 radical (unpaired) electrons. The molecular weight excluding hydrogens is 388 g/mol. The Morgan fingerprint density at radius 1 is 1.07 bits per heavy atom. The summed E-state index contributed by atoms with van der Waals surface area (Å²) in [5.74, 6) is 0.290. The summed E-state index contributed by atoms with van der Waals surface area (Å²) in [7, 11) is -3.79. The fourth-order valence-electron chi connectivity index (χ4n) is 2.45. The number of nitrogens with zero attached hydrogens (tertiary/aromatic N) is 1. The lowest BCUT2D eigenvalue weighted by Crippen LogP contribution is -2.38. The molecule has 2 rings (SSSR count). The quantitative estimate of drug-likeness (QED) is 0.682. The fourth-order valence-corrected chi connectivity index (χ4v) is 4.07. The lowest BCUT2D eigenvalue weighted by molar-refractivity contribution is -0.116. The fraction of sp³-hybridized carbons (Fsp3) is 0.316. The van der Waals surface area contributed by atoms with Gasteiger partial charge < -0.3 is 10.1 Å². The summed E-state index contributed by atoms with van der Waals surface area (Å²) in [6.45, 7) is 4.27. The molecule has 1 amide bonds. The zero-order chi connectivity index (χ0) is 19.9. The number of hydrogen-bond donors (Lipinski definition) is 1. The average molecular weight is 411 g/mol. The van der Waals surface area contributed by atoms with E-state index in [9.17, 15) is 13.2 Å². The molecule has 0 aliphatic rings. The van der Waals surface area contributed by atoms with Gasteiger partial charge in [-0.2, -0.15) is 4.31 Å². The minimum atomic E-state index is -3.79. The molecule has 0 aliphatic carbocycles. The van der Waals surface area contributed by atoms with Gasteiger partial charge in [0.1, 0.15) is 5.75 Å². The van der Waals surface area contributed by atoms with E-state index in [0.717, 1.165) is 0 Å². The number of anilines is 1. The number of halogens is 1. The van der Waals surface area contributed by atoms with Crippen molar-refractivity contribution in [1.82, 2.24) is 4.31 Å². The van der Waals surface area contributed by atoms with Gasteiger partial charge in [-0.05, 0) is 61.9 Å². The molecule has 0 unspecified atom stereocenters. The SMILES string of the molecule is CCCN(CC(=O)Nc1ccc(OCC)cc1)S(=O)(=O)c1ccc(Cl)cc1. The second kappa shape index (κ2) is 9.73. The number of rotatable bonds is 9. The Morgan fingerprint density at radius 2 is 1.70 bits per heavy atom. The summed E-state index contributed by atoms with van der Waals surface area (Å²) in [6, 6.07) is 12.8. The molecule has 0 aliphatic heterocycles. The van der Waals surface area contributed by atoms with Crippen LogP contribution in [0.4, 0.5) is 5.69 Å². The number of carbonyl (C=O) groups excluding carboxylic acids is 1. The van der Waals surface area contributed by atoms with Crippen LogP contribution in [0.25, 0.3) is 0 Å². The van der Waals surface area contributed by atoms with Gasteiger partial charge in [0, 0.05) is 17.3 Å². The summed E-state index contributed by atoms with van der Waals surface area (Å²) in [6.07, 6.45) is 0.586. The second-order valence-electron chi connectivity index (χ2n) is 5.80. The van der Waals surface area contributed by atoms with Gasteiger partial charge in [0.2, 0.25) is 15.9 Å². The number of ether oxygens (including phenoxy) is 1. The van der Waals surface area contributed by atoms with E-state index in [1.807, 2.05) is 13.8 Å². The highest BCUT2D eigenvalue weighted by atomic mass is 35.5. The highest BCUT2D eigenvalue weighted by Crippen LogP contribution is 2.19. The van der Waals surface area contributed by atoms with E-state index in [0.29, 0.717) is 29.5 Å². The van der Waals surface area contributed by atoms with Crippen LogP contribution in [0.15, 0.2) is 53.4 Å². The third kappa shape index (κ3) is 5.95. The molecule has 0 fully saturated rings. The van der Waals surface area contributed by atoms with Crippen LogP contribution in [0.5, 0.6) is 5.75 Å². The third-order valence-electron chi connectivity index (χ3n) is 3.69. The van der Waals surface area contributed by atoms with E-state index in [1.165, 1.54) is 28.6 Å². The molecule has 2 aromatic carbocycles. The number of nitrogens with one attached hydrogen (secondary N) is 1. The van der Waals surface area contributed by atoms with Gasteiger partial charge in [-0.15, -0.1) is 0 Å². The number of sulfonamides is 1. The molecule has 6 nitrogen and oxygen atoms in total. The summed E-state index contributed by atoms with van der Waals surface area (Å²) in [5.41, 5.74) is 0.573. The van der Waals surface area contributed by atoms with Crippen LogP contribution < -0.4 is 10.1 Å². The van der Waals surface area contributed by atoms with Gasteiger partial charge in [0.15, 0.2) is 0 Å². The molecule has 0 saturated heterocycles. The van der Waals surface area contributed by atoms with Crippen molar-refractivity contribution in [2.24, 2.45) is 0 Å². The molecule has 27 heavy (non-hydrogen) atoms. The van der Waals surface area contributed by atoms with Crippen LogP contribution in [-0.2, 0) is 14.8 Å². The van der Waals surface area contributed by atoms with Crippen molar-refractivity contribution in [3.63, 3.8) is 0 Å². The molecular formula is C19H23ClN2O4S. The minimum absolute atomic E-state index is 0.106. The van der Waals surface area contributed by atoms with Crippen molar-refractivity contribution >= 4 is 33.2 Å². The maximum Gasteiger partial charge on any atom is 0.243 e. The Labute approximate surface area is 165 Å². The van der Waals surface area contributed by atoms with Crippen molar-refractivity contribution in [1.29, 1.82) is 0 Å². The maximum absolute atomic E-state index is 12.8. The van der Waals surface area contributed by atoms with E-state index in [4.69, 9.17) is 16.3 Å². The molecule has 0 bridgehead atoms. The van der Waals surface area contributed by atoms with Gasteiger partial charge in [-0.25, -0.2) is 8.42 Å². The van der Waals surface area contributed by atoms with E-state index in [-0.39, 0.29) is 18.0 Å². The van der Waals surface area contributed by atoms with Crippen molar-refractivity contribution < 1.29 is 17.9 Å². The summed E-state index contributed by atoms with van der Waals surface area (Å²) in [4.78, 5) is 12.5. The van der Waals surface area contributed by atoms with Gasteiger partial charge >= 0.3 is 0 Å². The van der Waals surface area contributed by atoms with Crippen molar-refractivity contribution in [2.45, 2.75) is 25.2 Å². The number of carbonyl (C=O) groups is 1. The van der Waals surface area contributed by atoms with Crippen LogP contribution in [0.3, 0.4) is 0 Å². The van der Waals surface area contributed by atoms with Crippen LogP contribution in [0.2, 0.25) is 5.02 Å². The zero-order valence-electron chi connectivity index (χ0n) is 15.3. The first kappa shape index (κ1) is 21.2. The molecule has 8 heteroatoms. The Balaban J connectivity index is 2.10. The number of amides is 1. The Bertz CT molecular complexity index is 852. The summed E-state index contributed by atoms with van der Waals surface area (Å²) in [5, 5.41) is 3.16. The standard InChI is InChI=1S/C19H23ClN2O4S/c1-3-13-22(27(24,25)18-11-5-15(20)6-12-18)14-19(23)21-16-7-9-17(10-8-16)26-4-2/h5-12H,3-4,13-14H2,1-2H3,(H,21,23). The number of benzene rings is 2. The lowest BCUT2D eigenvalue weighted by Gasteiger charge is -2.21. The highest BCUT2D eigenvalue weighted by Gasteiger charge is 2.26. The van der Waals surface area contributed by atoms with Gasteiger partial charge in [-0.1, -0.05) is 18.5 Å². The normalized spacial score (nSPS) is 11.4. The molecule has 0 atom stereocenters. The van der Waals surface area contributed by atoms with Gasteiger partial charge in [0.25, 0.3) is 0 Å². The van der Waals surface area contributed by atoms with Crippen molar-refractivity contribution in [2.75, 3.05) is 25.0 Å². The molecule has 0 spiro atoms. The van der Waals surface area contributed by atoms with Crippen LogP contribution in [0.1, 0.15) is 20.3 Å². The largest absolute Gasteiger partial charge is 0.494 e. The van der Waals surface area contributed by atoms with Crippen molar-refractivity contribution in [3.05, 3.63) is 53.6 Å². The van der Waals surface area contributed by atoms with E-state index >= 15 is 0 Å². The first-order valence-electron chi connectivity index (χ1n) is 8.65. The van der Waals surface area contributed by atoms with Crippen LogP contribution in [0, 0.1) is 0 Å². The summed E-state index contributed by atoms with van der Waals surface area (Å²) < 4.78 is 32.2. The van der Waals surface area contributed by atoms with Crippen LogP contribution >= 0.6 is 11.6 Å². The Morgan fingerprint density at radius 3 is 2.26 bits per heavy atom. The van der Waals surface area contributed by atoms with Gasteiger partial charge in [0.05, 0.1) is 18.0 Å². The summed E-state index contributed by atoms with van der Waals surface area (Å²) >= 11 is 5.83. The minimum Gasteiger partial charge on any atom is -0.494 e. The predicted molar refractivity (Wildman–Crippen MR) is 107 cm³/mol. The van der Waals surface area contributed by atoms with E-state index in [1.54, 1.807) is 24.3 Å². The monoisotopic (exact) mass is 410 g/mol. The molecule has 146 valence electrons. The third-order valence-corrected chi connectivity index (χ3v) is 5.80. The molecule has 1 N–H and O–H groups in total. The van der Waals surface area contributed by atoms with Gasteiger partial charge in [-0.3, -0.25) is 4.79 Å². The highest BCUT2D eigenvalue weighted by molar-refractivity contribution is 7.89. The Kier molecular flexibility index (Phi) is 7.65. The second-order valence-corrected chi connectivity index (χ2v) is 8.17. The molecule has 0 saturated carbocycles. The zero-order valence-corrected chi connectivity index (χ0v) is 16.9. The van der Waals surface area contributed by atoms with Crippen LogP contribution in [-0.4, -0.2) is 38.3 Å². The first-order valence-corrected chi connectivity index (χ1v) is 10.5. The predicted octanol–water partition coefficient (Wildman–Crippen LogP) is 3.78. The average Bonchev–Trinajstić information content (AvgIpc) is 2.63. The lowest BCUT2D eigenvalue weighted by atomic mass is 10.3. The smallest absolute Gasteiger partial charge is 0.243 e. The maximum atomic E-state index is 12.8. The van der Waals surface area contributed by atoms with E-state index < -0.39 is 15.9 Å². The van der Waals surface area contributed by atoms with E-state index in [2.05, 4.69) is 5.32 Å². The molecule has 2 aromatic rings. The Hall–Kier alpha value is -2.09. The molecule has 0 aromatic heterocycles. The number of hydrogen-bond acceptors (Lipinski definition) is 4.